The second-order valence-corrected chi connectivity index (χ2v) is 4.11. The third-order valence-corrected chi connectivity index (χ3v) is 2.98. The van der Waals surface area contributed by atoms with Crippen LogP contribution in [0.25, 0.3) is 0 Å². The fourth-order valence-electron chi connectivity index (χ4n) is 1.02. The van der Waals surface area contributed by atoms with E-state index in [2.05, 4.69) is 4.98 Å². The lowest BCUT2D eigenvalue weighted by Crippen LogP contribution is -2.32. The van der Waals surface area contributed by atoms with Gasteiger partial charge in [-0.15, -0.1) is 0 Å². The molecule has 0 fully saturated rings. The predicted molar refractivity (Wildman–Crippen MR) is 60.7 cm³/mol. The first-order chi connectivity index (χ1) is 7.65. The van der Waals surface area contributed by atoms with E-state index >= 15 is 0 Å². The molecule has 3 N–H and O–H groups in total. The molecule has 16 heavy (non-hydrogen) atoms. The first kappa shape index (κ1) is 12.5. The largest absolute Gasteiger partial charge is 0.480 e. The third kappa shape index (κ3) is 3.53. The van der Waals surface area contributed by atoms with Crippen molar-refractivity contribution in [1.29, 1.82) is 5.26 Å². The molecule has 0 spiro atoms. The van der Waals surface area contributed by atoms with E-state index < -0.39 is 12.0 Å². The van der Waals surface area contributed by atoms with Gasteiger partial charge in [0.15, 0.2) is 0 Å². The SMILES string of the molecule is N#Cc1ncccc1CSC[C@H](N)C(=O)O. The van der Waals surface area contributed by atoms with Crippen LogP contribution in [0.5, 0.6) is 0 Å². The number of nitriles is 1. The highest BCUT2D eigenvalue weighted by molar-refractivity contribution is 7.98. The van der Waals surface area contributed by atoms with Gasteiger partial charge < -0.3 is 10.8 Å². The molecule has 6 heteroatoms. The number of rotatable bonds is 5. The summed E-state index contributed by atoms with van der Waals surface area (Å²) in [7, 11) is 0. The van der Waals surface area contributed by atoms with E-state index in [0.717, 1.165) is 5.56 Å². The second-order valence-electron chi connectivity index (χ2n) is 3.08. The number of nitrogens with two attached hydrogens (primary N) is 1. The van der Waals surface area contributed by atoms with Gasteiger partial charge in [-0.3, -0.25) is 4.79 Å². The minimum Gasteiger partial charge on any atom is -0.480 e. The molecule has 0 saturated carbocycles. The monoisotopic (exact) mass is 237 g/mol. The molecular formula is C10H11N3O2S. The van der Waals surface area contributed by atoms with E-state index in [4.69, 9.17) is 16.1 Å². The lowest BCUT2D eigenvalue weighted by atomic mass is 10.2. The second kappa shape index (κ2) is 6.10. The molecule has 5 nitrogen and oxygen atoms in total. The lowest BCUT2D eigenvalue weighted by Gasteiger charge is -2.06. The zero-order valence-electron chi connectivity index (χ0n) is 8.46. The van der Waals surface area contributed by atoms with Crippen LogP contribution in [-0.2, 0) is 10.5 Å². The van der Waals surface area contributed by atoms with E-state index in [0.29, 0.717) is 17.2 Å². The molecule has 0 aliphatic rings. The van der Waals surface area contributed by atoms with Crippen molar-refractivity contribution in [2.75, 3.05) is 5.75 Å². The maximum absolute atomic E-state index is 10.5. The van der Waals surface area contributed by atoms with Crippen molar-refractivity contribution in [1.82, 2.24) is 4.98 Å². The number of carboxylic acids is 1. The molecule has 0 unspecified atom stereocenters. The zero-order chi connectivity index (χ0) is 12.0. The normalized spacial score (nSPS) is 11.8. The van der Waals surface area contributed by atoms with Gasteiger partial charge in [-0.25, -0.2) is 4.98 Å². The predicted octanol–water partition coefficient (Wildman–Crippen LogP) is 0.598. The Bertz CT molecular complexity index is 417. The molecular weight excluding hydrogens is 226 g/mol. The number of hydrogen-bond acceptors (Lipinski definition) is 5. The highest BCUT2D eigenvalue weighted by Crippen LogP contribution is 2.14. The Morgan fingerprint density at radius 1 is 1.75 bits per heavy atom. The quantitative estimate of drug-likeness (QED) is 0.777. The van der Waals surface area contributed by atoms with E-state index in [1.807, 2.05) is 6.07 Å². The number of thioether (sulfide) groups is 1. The molecule has 0 radical (unpaired) electrons. The van der Waals surface area contributed by atoms with Gasteiger partial charge in [0, 0.05) is 17.7 Å². The average molecular weight is 237 g/mol. The Morgan fingerprint density at radius 3 is 3.12 bits per heavy atom. The summed E-state index contributed by atoms with van der Waals surface area (Å²) in [6.07, 6.45) is 1.55. The van der Waals surface area contributed by atoms with Gasteiger partial charge in [0.1, 0.15) is 17.8 Å². The van der Waals surface area contributed by atoms with Crippen molar-refractivity contribution >= 4 is 17.7 Å². The van der Waals surface area contributed by atoms with Crippen molar-refractivity contribution in [2.45, 2.75) is 11.8 Å². The first-order valence-electron chi connectivity index (χ1n) is 4.55. The summed E-state index contributed by atoms with van der Waals surface area (Å²) >= 11 is 1.38. The van der Waals surface area contributed by atoms with Crippen LogP contribution in [0.3, 0.4) is 0 Å². The van der Waals surface area contributed by atoms with E-state index in [9.17, 15) is 4.79 Å². The number of aliphatic carboxylic acids is 1. The number of carbonyl (C=O) groups is 1. The van der Waals surface area contributed by atoms with Crippen molar-refractivity contribution in [3.05, 3.63) is 29.6 Å². The number of pyridine rings is 1. The van der Waals surface area contributed by atoms with Gasteiger partial charge in [0.05, 0.1) is 0 Å². The van der Waals surface area contributed by atoms with Crippen LogP contribution >= 0.6 is 11.8 Å². The lowest BCUT2D eigenvalue weighted by molar-refractivity contribution is -0.137. The maximum Gasteiger partial charge on any atom is 0.321 e. The maximum atomic E-state index is 10.5. The van der Waals surface area contributed by atoms with Crippen LogP contribution in [0.2, 0.25) is 0 Å². The smallest absolute Gasteiger partial charge is 0.321 e. The summed E-state index contributed by atoms with van der Waals surface area (Å²) < 4.78 is 0. The number of hydrogen-bond donors (Lipinski definition) is 2. The fraction of sp³-hybridized carbons (Fsp3) is 0.300. The minimum absolute atomic E-state index is 0.315. The Labute approximate surface area is 97.3 Å². The molecule has 0 aliphatic carbocycles. The van der Waals surface area contributed by atoms with E-state index in [1.54, 1.807) is 18.3 Å². The molecule has 1 aromatic heterocycles. The molecule has 0 aromatic carbocycles. The third-order valence-electron chi connectivity index (χ3n) is 1.87. The van der Waals surface area contributed by atoms with Crippen molar-refractivity contribution in [3.63, 3.8) is 0 Å². The first-order valence-corrected chi connectivity index (χ1v) is 5.70. The molecule has 84 valence electrons. The van der Waals surface area contributed by atoms with Gasteiger partial charge >= 0.3 is 5.97 Å². The zero-order valence-corrected chi connectivity index (χ0v) is 9.28. The summed E-state index contributed by atoms with van der Waals surface area (Å²) in [4.78, 5) is 14.4. The van der Waals surface area contributed by atoms with Crippen molar-refractivity contribution in [2.24, 2.45) is 5.73 Å². The number of aromatic nitrogens is 1. The number of nitrogens with zero attached hydrogens (tertiary/aromatic N) is 2. The highest BCUT2D eigenvalue weighted by atomic mass is 32.2. The summed E-state index contributed by atoms with van der Waals surface area (Å²) in [5.74, 6) is -0.161. The van der Waals surface area contributed by atoms with Crippen molar-refractivity contribution < 1.29 is 9.90 Å². The molecule has 1 heterocycles. The molecule has 0 bridgehead atoms. The highest BCUT2D eigenvalue weighted by Gasteiger charge is 2.11. The van der Waals surface area contributed by atoms with Gasteiger partial charge in [-0.1, -0.05) is 6.07 Å². The van der Waals surface area contributed by atoms with Gasteiger partial charge in [0.25, 0.3) is 0 Å². The van der Waals surface area contributed by atoms with Gasteiger partial charge in [0.2, 0.25) is 0 Å². The fourth-order valence-corrected chi connectivity index (χ4v) is 1.99. The van der Waals surface area contributed by atoms with Crippen LogP contribution in [-0.4, -0.2) is 27.9 Å². The Balaban J connectivity index is 2.49. The summed E-state index contributed by atoms with van der Waals surface area (Å²) in [5.41, 5.74) is 6.52. The summed E-state index contributed by atoms with van der Waals surface area (Å²) in [6.45, 7) is 0. The van der Waals surface area contributed by atoms with E-state index in [1.165, 1.54) is 11.8 Å². The standard InChI is InChI=1S/C10H11N3O2S/c11-4-9-7(2-1-3-13-9)5-16-6-8(12)10(14)15/h1-3,8H,5-6,12H2,(H,14,15)/t8-/m0/s1. The Hall–Kier alpha value is -1.58. The molecule has 0 saturated heterocycles. The number of carboxylic acid groups (broad SMARTS) is 1. The van der Waals surface area contributed by atoms with Crippen LogP contribution in [0, 0.1) is 11.3 Å². The van der Waals surface area contributed by atoms with Gasteiger partial charge in [-0.05, 0) is 11.6 Å². The Kier molecular flexibility index (Phi) is 4.76. The molecule has 1 atom stereocenters. The summed E-state index contributed by atoms with van der Waals surface area (Å²) in [6, 6.07) is 4.66. The average Bonchev–Trinajstić information content (AvgIpc) is 2.29. The van der Waals surface area contributed by atoms with Gasteiger partial charge in [-0.2, -0.15) is 17.0 Å². The van der Waals surface area contributed by atoms with Crippen molar-refractivity contribution in [3.8, 4) is 6.07 Å². The topological polar surface area (TPSA) is 100 Å². The minimum atomic E-state index is -1.01. The molecule has 0 amide bonds. The van der Waals surface area contributed by atoms with Crippen LogP contribution in [0.1, 0.15) is 11.3 Å². The molecule has 1 rings (SSSR count). The Morgan fingerprint density at radius 2 is 2.50 bits per heavy atom. The van der Waals surface area contributed by atoms with E-state index in [-0.39, 0.29) is 0 Å². The summed E-state index contributed by atoms with van der Waals surface area (Å²) in [5, 5.41) is 17.4. The molecule has 1 aromatic rings. The molecule has 0 aliphatic heterocycles. The van der Waals surface area contributed by atoms with Crippen LogP contribution < -0.4 is 5.73 Å². The van der Waals surface area contributed by atoms with Crippen LogP contribution in [0.4, 0.5) is 0 Å². The van der Waals surface area contributed by atoms with Crippen LogP contribution in [0.15, 0.2) is 18.3 Å².